The minimum atomic E-state index is -3.31. The molecule has 1 heterocycles. The van der Waals surface area contributed by atoms with Gasteiger partial charge in [0.1, 0.15) is 12.4 Å². The lowest BCUT2D eigenvalue weighted by molar-refractivity contribution is 0.350. The first kappa shape index (κ1) is 13.8. The average molecular weight is 283 g/mol. The van der Waals surface area contributed by atoms with Crippen LogP contribution < -0.4 is 4.31 Å². The largest absolute Gasteiger partial charge is 0.384 e. The van der Waals surface area contributed by atoms with Crippen molar-refractivity contribution in [2.75, 3.05) is 23.2 Å². The van der Waals surface area contributed by atoms with E-state index in [1.54, 1.807) is 0 Å². The Kier molecular flexibility index (Phi) is 4.08. The van der Waals surface area contributed by atoms with Crippen LogP contribution in [0.25, 0.3) is 0 Å². The quantitative estimate of drug-likeness (QED) is 0.785. The normalized spacial score (nSPS) is 17.7. The van der Waals surface area contributed by atoms with Crippen molar-refractivity contribution in [3.05, 3.63) is 29.6 Å². The van der Waals surface area contributed by atoms with Crippen molar-refractivity contribution in [1.82, 2.24) is 0 Å². The first-order valence-electron chi connectivity index (χ1n) is 5.94. The van der Waals surface area contributed by atoms with Crippen molar-refractivity contribution in [2.45, 2.75) is 12.8 Å². The van der Waals surface area contributed by atoms with E-state index in [1.165, 1.54) is 22.5 Å². The molecule has 1 fully saturated rings. The van der Waals surface area contributed by atoms with Crippen molar-refractivity contribution < 1.29 is 17.9 Å². The number of hydrogen-bond donors (Lipinski definition) is 1. The van der Waals surface area contributed by atoms with E-state index in [2.05, 4.69) is 11.8 Å². The third kappa shape index (κ3) is 3.06. The average Bonchev–Trinajstić information content (AvgIpc) is 2.38. The highest BCUT2D eigenvalue weighted by Crippen LogP contribution is 2.25. The Morgan fingerprint density at radius 2 is 2.16 bits per heavy atom. The summed E-state index contributed by atoms with van der Waals surface area (Å²) in [5.74, 6) is 4.41. The van der Waals surface area contributed by atoms with Crippen LogP contribution in [0.15, 0.2) is 18.2 Å². The van der Waals surface area contributed by atoms with Crippen LogP contribution in [0, 0.1) is 17.7 Å². The first-order valence-corrected chi connectivity index (χ1v) is 7.55. The van der Waals surface area contributed by atoms with E-state index in [-0.39, 0.29) is 17.9 Å². The molecule has 1 aliphatic rings. The molecule has 0 saturated carbocycles. The summed E-state index contributed by atoms with van der Waals surface area (Å²) < 4.78 is 38.7. The Morgan fingerprint density at radius 1 is 1.37 bits per heavy atom. The lowest BCUT2D eigenvalue weighted by atomic mass is 10.2. The predicted octanol–water partition coefficient (Wildman–Crippen LogP) is 1.10. The summed E-state index contributed by atoms with van der Waals surface area (Å²) in [4.78, 5) is 0. The minimum Gasteiger partial charge on any atom is -0.384 e. The molecular weight excluding hydrogens is 269 g/mol. The number of rotatable bonds is 1. The van der Waals surface area contributed by atoms with Gasteiger partial charge in [-0.1, -0.05) is 11.8 Å². The van der Waals surface area contributed by atoms with E-state index < -0.39 is 15.8 Å². The number of sulfonamides is 1. The number of anilines is 1. The van der Waals surface area contributed by atoms with Crippen LogP contribution in [0.1, 0.15) is 18.4 Å². The second-order valence-corrected chi connectivity index (χ2v) is 6.23. The van der Waals surface area contributed by atoms with Gasteiger partial charge in [-0.2, -0.15) is 0 Å². The van der Waals surface area contributed by atoms with Gasteiger partial charge < -0.3 is 5.11 Å². The molecule has 0 aliphatic carbocycles. The van der Waals surface area contributed by atoms with Gasteiger partial charge in [-0.3, -0.25) is 4.31 Å². The topological polar surface area (TPSA) is 57.6 Å². The number of aliphatic hydroxyl groups excluding tert-OH is 1. The highest BCUT2D eigenvalue weighted by atomic mass is 32.2. The molecule has 102 valence electrons. The zero-order chi connectivity index (χ0) is 13.9. The van der Waals surface area contributed by atoms with Gasteiger partial charge in [0, 0.05) is 6.54 Å². The number of halogens is 1. The molecule has 1 saturated heterocycles. The summed E-state index contributed by atoms with van der Waals surface area (Å²) in [5.41, 5.74) is 0.510. The lowest BCUT2D eigenvalue weighted by Crippen LogP contribution is -2.37. The van der Waals surface area contributed by atoms with Crippen LogP contribution in [-0.2, 0) is 10.0 Å². The molecule has 0 aromatic heterocycles. The highest BCUT2D eigenvalue weighted by Gasteiger charge is 2.26. The van der Waals surface area contributed by atoms with Crippen LogP contribution >= 0.6 is 0 Å². The smallest absolute Gasteiger partial charge is 0.235 e. The van der Waals surface area contributed by atoms with Crippen molar-refractivity contribution in [2.24, 2.45) is 0 Å². The Hall–Kier alpha value is -1.58. The second-order valence-electron chi connectivity index (χ2n) is 4.22. The highest BCUT2D eigenvalue weighted by molar-refractivity contribution is 7.92. The van der Waals surface area contributed by atoms with Crippen LogP contribution in [0.3, 0.4) is 0 Å². The molecule has 0 unspecified atom stereocenters. The summed E-state index contributed by atoms with van der Waals surface area (Å²) in [7, 11) is -3.31. The number of benzene rings is 1. The number of nitrogens with zero attached hydrogens (tertiary/aromatic N) is 1. The second kappa shape index (κ2) is 5.59. The standard InChI is InChI=1S/C13H14FNO3S/c14-13-6-5-12(10-11(13)4-3-8-16)15-7-1-2-9-19(15,17)18/h5-6,10,16H,1-2,7-9H2. The first-order chi connectivity index (χ1) is 9.04. The van der Waals surface area contributed by atoms with Gasteiger partial charge in [-0.05, 0) is 31.0 Å². The fraction of sp³-hybridized carbons (Fsp3) is 0.385. The molecule has 0 atom stereocenters. The van der Waals surface area contributed by atoms with Crippen molar-refractivity contribution in [3.8, 4) is 11.8 Å². The fourth-order valence-corrected chi connectivity index (χ4v) is 3.61. The molecule has 0 bridgehead atoms. The Morgan fingerprint density at radius 3 is 2.84 bits per heavy atom. The molecule has 0 radical (unpaired) electrons. The van der Waals surface area contributed by atoms with Crippen molar-refractivity contribution >= 4 is 15.7 Å². The molecule has 0 spiro atoms. The van der Waals surface area contributed by atoms with E-state index in [0.29, 0.717) is 18.7 Å². The summed E-state index contributed by atoms with van der Waals surface area (Å²) in [6.45, 7) is 0.0342. The summed E-state index contributed by atoms with van der Waals surface area (Å²) >= 11 is 0. The molecule has 4 nitrogen and oxygen atoms in total. The van der Waals surface area contributed by atoms with E-state index in [0.717, 1.165) is 6.42 Å². The van der Waals surface area contributed by atoms with Gasteiger partial charge >= 0.3 is 0 Å². The summed E-state index contributed by atoms with van der Waals surface area (Å²) in [6.07, 6.45) is 1.44. The molecule has 6 heteroatoms. The van der Waals surface area contributed by atoms with Gasteiger partial charge in [-0.25, -0.2) is 12.8 Å². The van der Waals surface area contributed by atoms with Crippen LogP contribution in [0.4, 0.5) is 10.1 Å². The van der Waals surface area contributed by atoms with E-state index in [9.17, 15) is 12.8 Å². The SMILES string of the molecule is O=S1(=O)CCCCN1c1ccc(F)c(C#CCO)c1. The van der Waals surface area contributed by atoms with Gasteiger partial charge in [0.15, 0.2) is 0 Å². The molecule has 1 aliphatic heterocycles. The monoisotopic (exact) mass is 283 g/mol. The molecule has 1 aromatic carbocycles. The molecule has 1 N–H and O–H groups in total. The van der Waals surface area contributed by atoms with E-state index in [1.807, 2.05) is 0 Å². The molecular formula is C13H14FNO3S. The molecule has 2 rings (SSSR count). The summed E-state index contributed by atoms with van der Waals surface area (Å²) in [5, 5.41) is 8.62. The van der Waals surface area contributed by atoms with Gasteiger partial charge in [-0.15, -0.1) is 0 Å². The van der Waals surface area contributed by atoms with Crippen LogP contribution in [-0.4, -0.2) is 32.4 Å². The van der Waals surface area contributed by atoms with Gasteiger partial charge in [0.05, 0.1) is 17.0 Å². The number of aliphatic hydroxyl groups is 1. The fourth-order valence-electron chi connectivity index (χ4n) is 1.98. The van der Waals surface area contributed by atoms with E-state index >= 15 is 0 Å². The van der Waals surface area contributed by atoms with Crippen LogP contribution in [0.2, 0.25) is 0 Å². The Labute approximate surface area is 111 Å². The molecule has 19 heavy (non-hydrogen) atoms. The van der Waals surface area contributed by atoms with Crippen molar-refractivity contribution in [1.29, 1.82) is 0 Å². The molecule has 0 amide bonds. The van der Waals surface area contributed by atoms with Gasteiger partial charge in [0.2, 0.25) is 10.0 Å². The maximum absolute atomic E-state index is 13.5. The number of hydrogen-bond acceptors (Lipinski definition) is 3. The van der Waals surface area contributed by atoms with E-state index in [4.69, 9.17) is 5.11 Å². The third-order valence-electron chi connectivity index (χ3n) is 2.89. The minimum absolute atomic E-state index is 0.0901. The zero-order valence-electron chi connectivity index (χ0n) is 10.3. The van der Waals surface area contributed by atoms with Crippen LogP contribution in [0.5, 0.6) is 0 Å². The Bertz CT molecular complexity index is 631. The summed E-state index contributed by atoms with van der Waals surface area (Å²) in [6, 6.07) is 4.03. The zero-order valence-corrected chi connectivity index (χ0v) is 11.1. The third-order valence-corrected chi connectivity index (χ3v) is 4.76. The van der Waals surface area contributed by atoms with Crippen molar-refractivity contribution in [3.63, 3.8) is 0 Å². The molecule has 1 aromatic rings. The Balaban J connectivity index is 2.40. The lowest BCUT2D eigenvalue weighted by Gasteiger charge is -2.28. The maximum atomic E-state index is 13.5. The van der Waals surface area contributed by atoms with Gasteiger partial charge in [0.25, 0.3) is 0 Å². The maximum Gasteiger partial charge on any atom is 0.235 e. The predicted molar refractivity (Wildman–Crippen MR) is 70.7 cm³/mol.